The summed E-state index contributed by atoms with van der Waals surface area (Å²) >= 11 is 6.40. The molecule has 0 aliphatic heterocycles. The highest BCUT2D eigenvalue weighted by molar-refractivity contribution is 6.32. The van der Waals surface area contributed by atoms with Crippen LogP contribution in [0.5, 0.6) is 5.75 Å². The number of nitrogens with one attached hydrogen (secondary N) is 1. The van der Waals surface area contributed by atoms with Crippen LogP contribution in [0.3, 0.4) is 0 Å². The molecule has 1 heterocycles. The largest absolute Gasteiger partial charge is 0.489 e. The van der Waals surface area contributed by atoms with E-state index in [0.29, 0.717) is 16.2 Å². The fourth-order valence-electron chi connectivity index (χ4n) is 4.73. The molecule has 1 aliphatic carbocycles. The zero-order chi connectivity index (χ0) is 21.5. The molecular weight excluding hydrogens is 403 g/mol. The number of H-pyrrole nitrogens is 1. The molecule has 0 atom stereocenters. The first kappa shape index (κ1) is 20.9. The summed E-state index contributed by atoms with van der Waals surface area (Å²) in [5.74, 6) is 0.339. The zero-order valence-electron chi connectivity index (χ0n) is 17.2. The number of fused-ring (bicyclic) bond motifs is 1. The van der Waals surface area contributed by atoms with Crippen LogP contribution in [0.25, 0.3) is 10.8 Å². The molecule has 1 saturated carbocycles. The van der Waals surface area contributed by atoms with Gasteiger partial charge >= 0.3 is 0 Å². The fourth-order valence-corrected chi connectivity index (χ4v) is 4.94. The summed E-state index contributed by atoms with van der Waals surface area (Å²) in [6.07, 6.45) is 4.89. The van der Waals surface area contributed by atoms with Gasteiger partial charge in [0.2, 0.25) is 0 Å². The summed E-state index contributed by atoms with van der Waals surface area (Å²) < 4.78 is 19.7. The number of aromatic amines is 1. The van der Waals surface area contributed by atoms with Crippen LogP contribution in [0.4, 0.5) is 4.39 Å². The molecule has 6 heteroatoms. The van der Waals surface area contributed by atoms with Gasteiger partial charge in [-0.15, -0.1) is 0 Å². The van der Waals surface area contributed by atoms with E-state index in [-0.39, 0.29) is 22.9 Å². The van der Waals surface area contributed by atoms with Crippen molar-refractivity contribution in [3.63, 3.8) is 0 Å². The lowest BCUT2D eigenvalue weighted by atomic mass is 9.59. The van der Waals surface area contributed by atoms with Gasteiger partial charge in [0.1, 0.15) is 11.6 Å². The Balaban J connectivity index is 1.56. The van der Waals surface area contributed by atoms with Crippen molar-refractivity contribution in [2.24, 2.45) is 5.73 Å². The van der Waals surface area contributed by atoms with E-state index in [1.165, 1.54) is 12.1 Å². The topological polar surface area (TPSA) is 68.1 Å². The quantitative estimate of drug-likeness (QED) is 0.591. The van der Waals surface area contributed by atoms with E-state index in [1.54, 1.807) is 12.3 Å². The molecule has 0 radical (unpaired) electrons. The molecule has 4 rings (SSSR count). The second-order valence-electron chi connectivity index (χ2n) is 8.80. The van der Waals surface area contributed by atoms with E-state index >= 15 is 0 Å². The Labute approximate surface area is 180 Å². The molecule has 3 N–H and O–H groups in total. The van der Waals surface area contributed by atoms with E-state index in [4.69, 9.17) is 22.1 Å². The molecule has 1 aromatic heterocycles. The number of rotatable bonds is 4. The molecule has 1 aliphatic rings. The molecule has 158 valence electrons. The number of benzene rings is 2. The summed E-state index contributed by atoms with van der Waals surface area (Å²) in [6, 6.07) is 12.0. The van der Waals surface area contributed by atoms with E-state index in [9.17, 15) is 9.18 Å². The molecule has 0 bridgehead atoms. The maximum Gasteiger partial charge on any atom is 0.255 e. The lowest BCUT2D eigenvalue weighted by Gasteiger charge is -2.49. The van der Waals surface area contributed by atoms with Crippen LogP contribution in [0, 0.1) is 5.82 Å². The van der Waals surface area contributed by atoms with Crippen molar-refractivity contribution in [2.45, 2.75) is 56.6 Å². The monoisotopic (exact) mass is 428 g/mol. The minimum Gasteiger partial charge on any atom is -0.489 e. The van der Waals surface area contributed by atoms with Crippen molar-refractivity contribution in [1.29, 1.82) is 0 Å². The lowest BCUT2D eigenvalue weighted by Crippen LogP contribution is -2.56. The number of ether oxygens (including phenoxy) is 1. The van der Waals surface area contributed by atoms with E-state index in [2.05, 4.69) is 4.98 Å². The van der Waals surface area contributed by atoms with Gasteiger partial charge in [0.15, 0.2) is 0 Å². The Bertz CT molecular complexity index is 1110. The third-order valence-corrected chi connectivity index (χ3v) is 6.83. The lowest BCUT2D eigenvalue weighted by molar-refractivity contribution is 0.0849. The molecule has 3 aromatic rings. The second-order valence-corrected chi connectivity index (χ2v) is 9.21. The highest BCUT2D eigenvalue weighted by Crippen LogP contribution is 2.47. The van der Waals surface area contributed by atoms with Gasteiger partial charge in [0, 0.05) is 22.5 Å². The Morgan fingerprint density at radius 3 is 2.47 bits per heavy atom. The predicted octanol–water partition coefficient (Wildman–Crippen LogP) is 5.32. The van der Waals surface area contributed by atoms with Gasteiger partial charge in [-0.2, -0.15) is 0 Å². The Morgan fingerprint density at radius 1 is 1.17 bits per heavy atom. The van der Waals surface area contributed by atoms with Crippen molar-refractivity contribution in [3.05, 3.63) is 75.4 Å². The van der Waals surface area contributed by atoms with Crippen LogP contribution in [0.15, 0.2) is 53.5 Å². The van der Waals surface area contributed by atoms with Gasteiger partial charge in [-0.25, -0.2) is 4.39 Å². The smallest absolute Gasteiger partial charge is 0.255 e. The van der Waals surface area contributed by atoms with Gasteiger partial charge in [0.25, 0.3) is 5.56 Å². The summed E-state index contributed by atoms with van der Waals surface area (Å²) in [6.45, 7) is 4.07. The van der Waals surface area contributed by atoms with Crippen molar-refractivity contribution in [1.82, 2.24) is 4.98 Å². The Morgan fingerprint density at radius 2 is 1.83 bits per heavy atom. The Kier molecular flexibility index (Phi) is 5.37. The second kappa shape index (κ2) is 7.71. The van der Waals surface area contributed by atoms with Crippen LogP contribution >= 0.6 is 11.6 Å². The van der Waals surface area contributed by atoms with Gasteiger partial charge in [-0.05, 0) is 80.8 Å². The van der Waals surface area contributed by atoms with Crippen LogP contribution < -0.4 is 16.0 Å². The minimum absolute atomic E-state index is 0.00197. The highest BCUT2D eigenvalue weighted by atomic mass is 35.5. The number of halogens is 2. The maximum absolute atomic E-state index is 13.5. The molecule has 30 heavy (non-hydrogen) atoms. The molecule has 1 fully saturated rings. The van der Waals surface area contributed by atoms with E-state index in [1.807, 2.05) is 38.1 Å². The average Bonchev–Trinajstić information content (AvgIpc) is 2.70. The SMILES string of the molecule is CC(C)(N)[C@]1(c2ccc(F)cc2)CC[C@@H](Oc2cc3cc[nH]c(=O)c3cc2Cl)CC1. The van der Waals surface area contributed by atoms with Crippen molar-refractivity contribution in [3.8, 4) is 5.75 Å². The molecule has 4 nitrogen and oxygen atoms in total. The summed E-state index contributed by atoms with van der Waals surface area (Å²) in [4.78, 5) is 14.6. The minimum atomic E-state index is -0.461. The van der Waals surface area contributed by atoms with E-state index in [0.717, 1.165) is 36.6 Å². The van der Waals surface area contributed by atoms with Crippen LogP contribution in [-0.4, -0.2) is 16.6 Å². The Hall–Kier alpha value is -2.37. The molecule has 0 amide bonds. The average molecular weight is 429 g/mol. The number of aromatic nitrogens is 1. The summed E-state index contributed by atoms with van der Waals surface area (Å²) in [5, 5.41) is 1.75. The van der Waals surface area contributed by atoms with Crippen LogP contribution in [0.2, 0.25) is 5.02 Å². The van der Waals surface area contributed by atoms with Gasteiger partial charge < -0.3 is 15.5 Å². The molecule has 0 unspecified atom stereocenters. The van der Waals surface area contributed by atoms with Crippen LogP contribution in [-0.2, 0) is 5.41 Å². The first-order chi connectivity index (χ1) is 14.2. The summed E-state index contributed by atoms with van der Waals surface area (Å²) in [5.41, 5.74) is 6.81. The first-order valence-electron chi connectivity index (χ1n) is 10.2. The van der Waals surface area contributed by atoms with Gasteiger partial charge in [0.05, 0.1) is 11.1 Å². The molecular formula is C24H26ClFN2O2. The maximum atomic E-state index is 13.5. The van der Waals surface area contributed by atoms with Crippen LogP contribution in [0.1, 0.15) is 45.1 Å². The number of hydrogen-bond donors (Lipinski definition) is 2. The normalized spacial score (nSPS) is 22.2. The third-order valence-electron chi connectivity index (χ3n) is 6.54. The van der Waals surface area contributed by atoms with Gasteiger partial charge in [-0.1, -0.05) is 23.7 Å². The molecule has 0 spiro atoms. The zero-order valence-corrected chi connectivity index (χ0v) is 17.9. The molecule has 2 aromatic carbocycles. The summed E-state index contributed by atoms with van der Waals surface area (Å²) in [7, 11) is 0. The first-order valence-corrected chi connectivity index (χ1v) is 10.6. The highest BCUT2D eigenvalue weighted by Gasteiger charge is 2.46. The number of hydrogen-bond acceptors (Lipinski definition) is 3. The van der Waals surface area contributed by atoms with Crippen molar-refractivity contribution >= 4 is 22.4 Å². The number of nitrogens with two attached hydrogens (primary N) is 1. The van der Waals surface area contributed by atoms with Gasteiger partial charge in [-0.3, -0.25) is 4.79 Å². The fraction of sp³-hybridized carbons (Fsp3) is 0.375. The molecule has 0 saturated heterocycles. The van der Waals surface area contributed by atoms with E-state index < -0.39 is 5.54 Å². The third kappa shape index (κ3) is 3.72. The van der Waals surface area contributed by atoms with Crippen molar-refractivity contribution < 1.29 is 9.13 Å². The predicted molar refractivity (Wildman–Crippen MR) is 119 cm³/mol. The standard InChI is InChI=1S/C24H26ClFN2O2/c1-23(2,27)24(16-3-5-17(26)6-4-16)10-7-18(8-11-24)30-21-13-15-9-12-28-22(29)19(15)14-20(21)25/h3-6,9,12-14,18H,7-8,10-11,27H2,1-2H3,(H,28,29)/t18-,24-. The van der Waals surface area contributed by atoms with Crippen molar-refractivity contribution in [2.75, 3.05) is 0 Å². The number of pyridine rings is 1.